The molecule has 3 aromatic rings. The number of aromatic nitrogens is 1. The maximum Gasteiger partial charge on any atom is 0.134 e. The van der Waals surface area contributed by atoms with Crippen molar-refractivity contribution in [1.29, 1.82) is 0 Å². The minimum Gasteiger partial charge on any atom is -0.464 e. The number of rotatable bonds is 4. The number of nitrogen functional groups attached to an aromatic ring is 1. The minimum atomic E-state index is 0.144. The van der Waals surface area contributed by atoms with Crippen LogP contribution in [0.15, 0.2) is 53.3 Å². The summed E-state index contributed by atoms with van der Waals surface area (Å²) in [5, 5.41) is 4.46. The second-order valence-electron chi connectivity index (χ2n) is 4.78. The van der Waals surface area contributed by atoms with Gasteiger partial charge in [0.1, 0.15) is 11.4 Å². The van der Waals surface area contributed by atoms with Gasteiger partial charge in [-0.2, -0.15) is 0 Å². The van der Waals surface area contributed by atoms with Crippen LogP contribution in [0.3, 0.4) is 0 Å². The number of nitrogens with two attached hydrogens (primary N) is 1. The molecule has 3 N–H and O–H groups in total. The van der Waals surface area contributed by atoms with Crippen molar-refractivity contribution in [2.24, 2.45) is 0 Å². The van der Waals surface area contributed by atoms with Crippen molar-refractivity contribution in [2.45, 2.75) is 12.5 Å². The summed E-state index contributed by atoms with van der Waals surface area (Å²) in [5.41, 5.74) is 9.02. The summed E-state index contributed by atoms with van der Waals surface area (Å²) in [5.74, 6) is 0.584. The van der Waals surface area contributed by atoms with Crippen LogP contribution < -0.4 is 11.1 Å². The van der Waals surface area contributed by atoms with Crippen LogP contribution in [-0.2, 0) is 6.42 Å². The zero-order valence-electron chi connectivity index (χ0n) is 11.3. The number of likely N-dealkylation sites (N-methyl/N-ethyl adjacent to an activating group) is 1. The Balaban J connectivity index is 1.96. The van der Waals surface area contributed by atoms with Crippen molar-refractivity contribution < 1.29 is 4.42 Å². The molecule has 0 saturated carbocycles. The van der Waals surface area contributed by atoms with Crippen LogP contribution in [0.2, 0.25) is 0 Å². The quantitative estimate of drug-likeness (QED) is 0.763. The van der Waals surface area contributed by atoms with Gasteiger partial charge in [-0.15, -0.1) is 0 Å². The third-order valence-corrected chi connectivity index (χ3v) is 3.58. The molecule has 4 heteroatoms. The number of benzene rings is 1. The molecule has 1 unspecified atom stereocenters. The van der Waals surface area contributed by atoms with E-state index >= 15 is 0 Å². The van der Waals surface area contributed by atoms with Crippen LogP contribution in [-0.4, -0.2) is 12.0 Å². The maximum absolute atomic E-state index is 5.93. The highest BCUT2D eigenvalue weighted by molar-refractivity contribution is 5.81. The van der Waals surface area contributed by atoms with Gasteiger partial charge in [-0.05, 0) is 31.2 Å². The second kappa shape index (κ2) is 5.35. The third-order valence-electron chi connectivity index (χ3n) is 3.58. The highest BCUT2D eigenvalue weighted by Crippen LogP contribution is 2.29. The van der Waals surface area contributed by atoms with Crippen LogP contribution >= 0.6 is 0 Å². The normalized spacial score (nSPS) is 12.7. The van der Waals surface area contributed by atoms with Gasteiger partial charge < -0.3 is 15.5 Å². The summed E-state index contributed by atoms with van der Waals surface area (Å²) in [7, 11) is 1.94. The average molecular weight is 267 g/mol. The largest absolute Gasteiger partial charge is 0.464 e. The number of hydrogen-bond acceptors (Lipinski definition) is 4. The Morgan fingerprint density at radius 2 is 2.10 bits per heavy atom. The number of fused-ring (bicyclic) bond motifs is 1. The number of para-hydroxylation sites is 1. The molecule has 0 aliphatic rings. The van der Waals surface area contributed by atoms with E-state index in [9.17, 15) is 0 Å². The van der Waals surface area contributed by atoms with Crippen molar-refractivity contribution >= 4 is 16.8 Å². The number of furan rings is 1. The molecule has 0 bridgehead atoms. The molecule has 0 aliphatic heterocycles. The highest BCUT2D eigenvalue weighted by Gasteiger charge is 2.17. The highest BCUT2D eigenvalue weighted by atomic mass is 16.3. The van der Waals surface area contributed by atoms with E-state index in [0.717, 1.165) is 28.5 Å². The second-order valence-corrected chi connectivity index (χ2v) is 4.78. The van der Waals surface area contributed by atoms with Gasteiger partial charge in [0.2, 0.25) is 0 Å². The summed E-state index contributed by atoms with van der Waals surface area (Å²) < 4.78 is 5.61. The van der Waals surface area contributed by atoms with Crippen LogP contribution in [0.25, 0.3) is 11.0 Å². The van der Waals surface area contributed by atoms with Crippen LogP contribution in [0.1, 0.15) is 17.2 Å². The Hall–Kier alpha value is -2.33. The molecule has 3 rings (SSSR count). The molecule has 20 heavy (non-hydrogen) atoms. The third kappa shape index (κ3) is 2.26. The van der Waals surface area contributed by atoms with E-state index in [-0.39, 0.29) is 6.04 Å². The number of nitrogens with one attached hydrogen (secondary N) is 1. The Morgan fingerprint density at radius 3 is 2.90 bits per heavy atom. The monoisotopic (exact) mass is 267 g/mol. The summed E-state index contributed by atoms with van der Waals surface area (Å²) in [6.07, 6.45) is 4.30. The molecule has 4 nitrogen and oxygen atoms in total. The van der Waals surface area contributed by atoms with Gasteiger partial charge in [0.05, 0.1) is 6.26 Å². The lowest BCUT2D eigenvalue weighted by Crippen LogP contribution is -2.19. The molecule has 0 spiro atoms. The standard InChI is InChI=1S/C16H17N3O/c1-18-14(9-11-5-4-8-19-16(11)17)13-10-20-15-7-3-2-6-12(13)15/h2-8,10,14,18H,9H2,1H3,(H2,17,19). The van der Waals surface area contributed by atoms with Crippen LogP contribution in [0, 0.1) is 0 Å². The van der Waals surface area contributed by atoms with Gasteiger partial charge in [-0.25, -0.2) is 4.98 Å². The Kier molecular flexibility index (Phi) is 3.39. The van der Waals surface area contributed by atoms with E-state index in [4.69, 9.17) is 10.2 Å². The van der Waals surface area contributed by atoms with E-state index in [0.29, 0.717) is 5.82 Å². The molecule has 102 valence electrons. The maximum atomic E-state index is 5.93. The predicted octanol–water partition coefficient (Wildman–Crippen LogP) is 2.91. The smallest absolute Gasteiger partial charge is 0.134 e. The van der Waals surface area contributed by atoms with Gasteiger partial charge in [0.15, 0.2) is 0 Å². The lowest BCUT2D eigenvalue weighted by atomic mass is 9.99. The van der Waals surface area contributed by atoms with Crippen molar-refractivity contribution in [3.05, 3.63) is 60.0 Å². The molecule has 0 radical (unpaired) electrons. The number of pyridine rings is 1. The molecule has 1 atom stereocenters. The van der Waals surface area contributed by atoms with Crippen LogP contribution in [0.5, 0.6) is 0 Å². The summed E-state index contributed by atoms with van der Waals surface area (Å²) in [6, 6.07) is 12.1. The summed E-state index contributed by atoms with van der Waals surface area (Å²) in [6.45, 7) is 0. The first-order chi connectivity index (χ1) is 9.79. The lowest BCUT2D eigenvalue weighted by Gasteiger charge is -2.16. The van der Waals surface area contributed by atoms with Crippen molar-refractivity contribution in [3.8, 4) is 0 Å². The lowest BCUT2D eigenvalue weighted by molar-refractivity contribution is 0.563. The molecule has 1 aromatic carbocycles. The van der Waals surface area contributed by atoms with Gasteiger partial charge in [0.25, 0.3) is 0 Å². The Labute approximate surface area is 117 Å². The van der Waals surface area contributed by atoms with E-state index in [1.54, 1.807) is 6.20 Å². The topological polar surface area (TPSA) is 64.1 Å². The molecular formula is C16H17N3O. The van der Waals surface area contributed by atoms with Gasteiger partial charge in [0, 0.05) is 23.2 Å². The molecule has 0 saturated heterocycles. The van der Waals surface area contributed by atoms with E-state index in [1.165, 1.54) is 0 Å². The van der Waals surface area contributed by atoms with E-state index in [1.807, 2.05) is 43.6 Å². The summed E-state index contributed by atoms with van der Waals surface area (Å²) in [4.78, 5) is 4.14. The zero-order valence-corrected chi connectivity index (χ0v) is 11.3. The molecule has 0 aliphatic carbocycles. The SMILES string of the molecule is CNC(Cc1cccnc1N)c1coc2ccccc12. The first kappa shape index (κ1) is 12.7. The van der Waals surface area contributed by atoms with Gasteiger partial charge >= 0.3 is 0 Å². The minimum absolute atomic E-state index is 0.144. The van der Waals surface area contributed by atoms with Crippen molar-refractivity contribution in [3.63, 3.8) is 0 Å². The van der Waals surface area contributed by atoms with E-state index in [2.05, 4.69) is 16.4 Å². The number of hydrogen-bond donors (Lipinski definition) is 2. The molecule has 2 heterocycles. The average Bonchev–Trinajstić information content (AvgIpc) is 2.90. The molecule has 0 fully saturated rings. The first-order valence-electron chi connectivity index (χ1n) is 6.62. The number of anilines is 1. The van der Waals surface area contributed by atoms with Crippen LogP contribution in [0.4, 0.5) is 5.82 Å². The fraction of sp³-hybridized carbons (Fsp3) is 0.188. The Morgan fingerprint density at radius 1 is 1.25 bits per heavy atom. The predicted molar refractivity (Wildman–Crippen MR) is 80.4 cm³/mol. The fourth-order valence-electron chi connectivity index (χ4n) is 2.48. The summed E-state index contributed by atoms with van der Waals surface area (Å²) >= 11 is 0. The first-order valence-corrected chi connectivity index (χ1v) is 6.62. The van der Waals surface area contributed by atoms with E-state index < -0.39 is 0 Å². The molecule has 0 amide bonds. The molecule has 2 aromatic heterocycles. The van der Waals surface area contributed by atoms with Crippen molar-refractivity contribution in [1.82, 2.24) is 10.3 Å². The zero-order chi connectivity index (χ0) is 13.9. The van der Waals surface area contributed by atoms with Gasteiger partial charge in [-0.1, -0.05) is 24.3 Å². The fourth-order valence-corrected chi connectivity index (χ4v) is 2.48. The number of nitrogens with zero attached hydrogens (tertiary/aromatic N) is 1. The molecular weight excluding hydrogens is 250 g/mol. The van der Waals surface area contributed by atoms with Crippen molar-refractivity contribution in [2.75, 3.05) is 12.8 Å². The van der Waals surface area contributed by atoms with Gasteiger partial charge in [-0.3, -0.25) is 0 Å². The Bertz CT molecular complexity index is 720.